The largest absolute Gasteiger partial charge is 0.394 e. The number of ether oxygens (including phenoxy) is 2. The summed E-state index contributed by atoms with van der Waals surface area (Å²) in [6, 6.07) is -0.979. The second-order valence-corrected chi connectivity index (χ2v) is 9.70. The lowest BCUT2D eigenvalue weighted by atomic mass is 9.99. The summed E-state index contributed by atoms with van der Waals surface area (Å²) in [6.45, 7) is 2.57. The zero-order valence-corrected chi connectivity index (χ0v) is 22.3. The Morgan fingerprint density at radius 3 is 2.08 bits per heavy atom. The topological polar surface area (TPSA) is 169 Å². The van der Waals surface area contributed by atoms with Crippen molar-refractivity contribution in [3.63, 3.8) is 0 Å². The highest BCUT2D eigenvalue weighted by atomic mass is 16.7. The summed E-state index contributed by atoms with van der Waals surface area (Å²) in [4.78, 5) is 12.0. The zero-order chi connectivity index (χ0) is 27.6. The lowest BCUT2D eigenvalue weighted by Crippen LogP contribution is -2.60. The summed E-state index contributed by atoms with van der Waals surface area (Å²) in [5.41, 5.74) is 0. The van der Waals surface area contributed by atoms with Crippen molar-refractivity contribution in [2.75, 3.05) is 13.2 Å². The summed E-state index contributed by atoms with van der Waals surface area (Å²) in [6.07, 6.45) is 9.32. The molecule has 7 N–H and O–H groups in total. The third-order valence-corrected chi connectivity index (χ3v) is 6.37. The van der Waals surface area contributed by atoms with Crippen LogP contribution in [0, 0.1) is 0 Å². The summed E-state index contributed by atoms with van der Waals surface area (Å²) in [5.74, 6) is -0.715. The lowest BCUT2D eigenvalue weighted by Gasteiger charge is -2.40. The molecular weight excluding hydrogens is 482 g/mol. The van der Waals surface area contributed by atoms with Crippen LogP contribution in [0.1, 0.15) is 78.1 Å². The first kappa shape index (κ1) is 33.7. The molecule has 1 aliphatic heterocycles. The molecule has 1 fully saturated rings. The van der Waals surface area contributed by atoms with Crippen molar-refractivity contribution in [2.45, 2.75) is 127 Å². The Hall–Kier alpha value is -1.37. The number of nitrogens with one attached hydrogen (secondary N) is 1. The number of allylic oxidation sites excluding steroid dienone is 3. The number of unbranched alkanes of at least 4 members (excludes halogenated alkanes) is 8. The van der Waals surface area contributed by atoms with Gasteiger partial charge in [0.2, 0.25) is 5.91 Å². The molecule has 0 aromatic rings. The van der Waals surface area contributed by atoms with Gasteiger partial charge in [0.25, 0.3) is 0 Å². The van der Waals surface area contributed by atoms with Gasteiger partial charge >= 0.3 is 0 Å². The van der Waals surface area contributed by atoms with Crippen LogP contribution in [0.5, 0.6) is 0 Å². The minimum Gasteiger partial charge on any atom is -0.394 e. The summed E-state index contributed by atoms with van der Waals surface area (Å²) < 4.78 is 10.8. The highest BCUT2D eigenvalue weighted by Crippen LogP contribution is 2.22. The molecule has 1 amide bonds. The minimum atomic E-state index is -1.60. The van der Waals surface area contributed by atoms with Gasteiger partial charge < -0.3 is 45.4 Å². The first-order chi connectivity index (χ1) is 17.7. The first-order valence-electron chi connectivity index (χ1n) is 13.6. The SMILES string of the molecule is CCCCCC/C=C/CCCCC/C=C/[C@@H](O)[C@H](CO[C@@H]1OC(CO)[C@@H](O)[C@@H](O)C1O)NC(=O)[C@@H](C)O. The molecule has 37 heavy (non-hydrogen) atoms. The van der Waals surface area contributed by atoms with Gasteiger partial charge in [-0.2, -0.15) is 0 Å². The van der Waals surface area contributed by atoms with E-state index in [1.165, 1.54) is 32.6 Å². The molecule has 0 aromatic heterocycles. The van der Waals surface area contributed by atoms with Crippen LogP contribution in [0.3, 0.4) is 0 Å². The van der Waals surface area contributed by atoms with Crippen molar-refractivity contribution in [1.29, 1.82) is 0 Å². The highest BCUT2D eigenvalue weighted by molar-refractivity contribution is 5.80. The van der Waals surface area contributed by atoms with E-state index in [9.17, 15) is 35.4 Å². The molecule has 10 nitrogen and oxygen atoms in total. The molecule has 0 saturated carbocycles. The van der Waals surface area contributed by atoms with Gasteiger partial charge in [-0.3, -0.25) is 4.79 Å². The highest BCUT2D eigenvalue weighted by Gasteiger charge is 2.44. The molecule has 2 unspecified atom stereocenters. The number of carbonyl (C=O) groups is 1. The van der Waals surface area contributed by atoms with Gasteiger partial charge in [0.05, 0.1) is 25.4 Å². The van der Waals surface area contributed by atoms with Gasteiger partial charge in [0.15, 0.2) is 6.29 Å². The second-order valence-electron chi connectivity index (χ2n) is 9.70. The van der Waals surface area contributed by atoms with Crippen molar-refractivity contribution in [3.8, 4) is 0 Å². The fourth-order valence-corrected chi connectivity index (χ4v) is 3.93. The van der Waals surface area contributed by atoms with Gasteiger partial charge in [-0.05, 0) is 45.4 Å². The smallest absolute Gasteiger partial charge is 0.248 e. The Kier molecular flexibility index (Phi) is 17.9. The fraction of sp³-hybridized carbons (Fsp3) is 0.815. The van der Waals surface area contributed by atoms with E-state index in [-0.39, 0.29) is 6.61 Å². The Labute approximate surface area is 221 Å². The summed E-state index contributed by atoms with van der Waals surface area (Å²) >= 11 is 0. The van der Waals surface area contributed by atoms with Crippen molar-refractivity contribution >= 4 is 5.91 Å². The predicted molar refractivity (Wildman–Crippen MR) is 139 cm³/mol. The Bertz CT molecular complexity index is 656. The minimum absolute atomic E-state index is 0.322. The molecule has 216 valence electrons. The Balaban J connectivity index is 2.47. The number of carbonyl (C=O) groups excluding carboxylic acids is 1. The van der Waals surface area contributed by atoms with Gasteiger partial charge in [0, 0.05) is 0 Å². The van der Waals surface area contributed by atoms with E-state index >= 15 is 0 Å². The molecule has 0 aliphatic carbocycles. The molecule has 0 radical (unpaired) electrons. The van der Waals surface area contributed by atoms with Gasteiger partial charge in [-0.1, -0.05) is 56.9 Å². The molecule has 1 saturated heterocycles. The third kappa shape index (κ3) is 13.3. The quantitative estimate of drug-likeness (QED) is 0.0952. The lowest BCUT2D eigenvalue weighted by molar-refractivity contribution is -0.302. The van der Waals surface area contributed by atoms with E-state index in [0.29, 0.717) is 0 Å². The molecule has 1 aliphatic rings. The summed E-state index contributed by atoms with van der Waals surface area (Å²) in [7, 11) is 0. The van der Waals surface area contributed by atoms with E-state index < -0.39 is 61.5 Å². The molecule has 1 rings (SSSR count). The number of aliphatic hydroxyl groups is 6. The predicted octanol–water partition coefficient (Wildman–Crippen LogP) is 1.06. The standard InChI is InChI=1S/C27H49NO9/c1-3-4-5-6-7-8-9-10-11-12-13-14-15-16-21(31)20(28-26(35)19(2)30)18-36-27-25(34)24(33)23(32)22(17-29)37-27/h8-9,15-16,19-25,27,29-34H,3-7,10-14,17-18H2,1-2H3,(H,28,35)/b9-8+,16-15+/t19-,20+,21-,22?,23-,24-,25?,27-/m1/s1. The normalized spacial score (nSPS) is 27.0. The van der Waals surface area contributed by atoms with Crippen LogP contribution >= 0.6 is 0 Å². The van der Waals surface area contributed by atoms with Crippen LogP contribution in [-0.4, -0.2) is 98.7 Å². The van der Waals surface area contributed by atoms with Crippen molar-refractivity contribution in [2.24, 2.45) is 0 Å². The van der Waals surface area contributed by atoms with Crippen LogP contribution in [0.4, 0.5) is 0 Å². The molecule has 0 spiro atoms. The molecule has 10 heteroatoms. The van der Waals surface area contributed by atoms with Gasteiger partial charge in [-0.25, -0.2) is 0 Å². The number of hydrogen-bond acceptors (Lipinski definition) is 9. The van der Waals surface area contributed by atoms with Crippen LogP contribution < -0.4 is 5.32 Å². The van der Waals surface area contributed by atoms with Crippen LogP contribution in [0.25, 0.3) is 0 Å². The van der Waals surface area contributed by atoms with Crippen LogP contribution in [-0.2, 0) is 14.3 Å². The number of hydrogen-bond donors (Lipinski definition) is 7. The average Bonchev–Trinajstić information content (AvgIpc) is 2.88. The number of rotatable bonds is 19. The van der Waals surface area contributed by atoms with Crippen molar-refractivity contribution < 1.29 is 44.9 Å². The summed E-state index contributed by atoms with van der Waals surface area (Å²) in [5, 5.41) is 61.8. The average molecular weight is 532 g/mol. The van der Waals surface area contributed by atoms with Crippen LogP contribution in [0.2, 0.25) is 0 Å². The molecule has 0 bridgehead atoms. The third-order valence-electron chi connectivity index (χ3n) is 6.37. The Morgan fingerprint density at radius 2 is 1.51 bits per heavy atom. The number of aliphatic hydroxyl groups excluding tert-OH is 6. The molecule has 0 aromatic carbocycles. The van der Waals surface area contributed by atoms with Crippen molar-refractivity contribution in [1.82, 2.24) is 5.32 Å². The van der Waals surface area contributed by atoms with Gasteiger partial charge in [-0.15, -0.1) is 0 Å². The molecular formula is C27H49NO9. The second kappa shape index (κ2) is 19.7. The Morgan fingerprint density at radius 1 is 0.919 bits per heavy atom. The van der Waals surface area contributed by atoms with E-state index in [2.05, 4.69) is 24.4 Å². The first-order valence-corrected chi connectivity index (χ1v) is 13.6. The molecule has 1 heterocycles. The molecule has 8 atom stereocenters. The maximum atomic E-state index is 12.0. The van der Waals surface area contributed by atoms with Crippen molar-refractivity contribution in [3.05, 3.63) is 24.3 Å². The number of amides is 1. The van der Waals surface area contributed by atoms with Gasteiger partial charge in [0.1, 0.15) is 30.5 Å². The van der Waals surface area contributed by atoms with E-state index in [1.54, 1.807) is 6.08 Å². The maximum absolute atomic E-state index is 12.0. The van der Waals surface area contributed by atoms with Crippen LogP contribution in [0.15, 0.2) is 24.3 Å². The van der Waals surface area contributed by atoms with E-state index in [4.69, 9.17) is 9.47 Å². The van der Waals surface area contributed by atoms with E-state index in [0.717, 1.165) is 38.5 Å². The fourth-order valence-electron chi connectivity index (χ4n) is 3.93. The monoisotopic (exact) mass is 531 g/mol. The van der Waals surface area contributed by atoms with E-state index in [1.807, 2.05) is 6.08 Å². The maximum Gasteiger partial charge on any atom is 0.248 e. The zero-order valence-electron chi connectivity index (χ0n) is 22.3.